The molecule has 0 aliphatic heterocycles. The molecule has 3 aromatic carbocycles. The fourth-order valence-corrected chi connectivity index (χ4v) is 6.60. The minimum Gasteiger partial charge on any atom is -0.490 e. The van der Waals surface area contributed by atoms with Crippen LogP contribution in [0.25, 0.3) is 0 Å². The summed E-state index contributed by atoms with van der Waals surface area (Å²) >= 11 is 0. The number of hydrogen-bond acceptors (Lipinski definition) is 14. The van der Waals surface area contributed by atoms with E-state index < -0.39 is 44.7 Å². The molecule has 66 heavy (non-hydrogen) atoms. The Bertz CT molecular complexity index is 1760. The maximum atomic E-state index is 14.2. The third kappa shape index (κ3) is 18.2. The number of ether oxygens (including phenoxy) is 8. The Morgan fingerprint density at radius 2 is 0.621 bits per heavy atom. The Labute approximate surface area is 390 Å². The van der Waals surface area contributed by atoms with Crippen molar-refractivity contribution in [1.82, 2.24) is 0 Å². The highest BCUT2D eigenvalue weighted by Crippen LogP contribution is 2.44. The lowest BCUT2D eigenvalue weighted by Gasteiger charge is -2.19. The van der Waals surface area contributed by atoms with Gasteiger partial charge in [-0.25, -0.2) is 9.59 Å². The molecule has 0 bridgehead atoms. The number of benzene rings is 3. The molecule has 0 aliphatic rings. The minimum atomic E-state index is -1.04. The first-order valence-corrected chi connectivity index (χ1v) is 24.1. The largest absolute Gasteiger partial charge is 0.490 e. The van der Waals surface area contributed by atoms with Gasteiger partial charge in [0.15, 0.2) is 34.5 Å². The molecule has 0 aliphatic carbocycles. The number of unbranched alkanes of at least 4 members (excludes halogenated alkanes) is 12. The zero-order valence-corrected chi connectivity index (χ0v) is 40.0. The maximum absolute atomic E-state index is 14.2. The molecule has 0 heterocycles. The van der Waals surface area contributed by atoms with Crippen LogP contribution >= 0.6 is 0 Å². The topological polar surface area (TPSA) is 194 Å². The fraction of sp³-hybridized carbons (Fsp3) is 0.600. The van der Waals surface area contributed by atoms with Crippen molar-refractivity contribution >= 4 is 23.3 Å². The lowest BCUT2D eigenvalue weighted by Crippen LogP contribution is -2.15. The van der Waals surface area contributed by atoms with E-state index in [4.69, 9.17) is 37.9 Å². The van der Waals surface area contributed by atoms with Crippen molar-refractivity contribution < 1.29 is 57.3 Å². The van der Waals surface area contributed by atoms with Gasteiger partial charge in [0.25, 0.3) is 0 Å². The number of nitro benzene ring substituents is 2. The summed E-state index contributed by atoms with van der Waals surface area (Å²) in [5.74, 6) is -1.71. The first-order valence-electron chi connectivity index (χ1n) is 24.1. The van der Waals surface area contributed by atoms with Gasteiger partial charge in [0, 0.05) is 0 Å². The number of hydrogen-bond donors (Lipinski definition) is 0. The Hall–Kier alpha value is -5.80. The molecule has 16 nitrogen and oxygen atoms in total. The predicted octanol–water partition coefficient (Wildman–Crippen LogP) is 13.4. The van der Waals surface area contributed by atoms with Crippen molar-refractivity contribution in [2.24, 2.45) is 0 Å². The van der Waals surface area contributed by atoms with Crippen LogP contribution in [0.4, 0.5) is 11.4 Å². The molecule has 0 aromatic heterocycles. The summed E-state index contributed by atoms with van der Waals surface area (Å²) in [7, 11) is 0. The maximum Gasteiger partial charge on any atom is 0.350 e. The van der Waals surface area contributed by atoms with Gasteiger partial charge < -0.3 is 37.9 Å². The molecule has 0 amide bonds. The van der Waals surface area contributed by atoms with E-state index in [0.29, 0.717) is 63.3 Å². The molecule has 0 spiro atoms. The number of carbonyl (C=O) groups is 2. The van der Waals surface area contributed by atoms with Crippen LogP contribution in [0.5, 0.6) is 46.0 Å². The van der Waals surface area contributed by atoms with Crippen molar-refractivity contribution in [2.45, 2.75) is 157 Å². The molecule has 16 heteroatoms. The van der Waals surface area contributed by atoms with E-state index in [1.807, 2.05) is 0 Å². The third-order valence-electron chi connectivity index (χ3n) is 10.4. The molecule has 3 rings (SSSR count). The molecule has 0 radical (unpaired) electrons. The van der Waals surface area contributed by atoms with Crippen LogP contribution in [0, 0.1) is 20.2 Å². The van der Waals surface area contributed by atoms with Crippen molar-refractivity contribution in [1.29, 1.82) is 0 Å². The standard InChI is InChI=1S/C50H72N2O14/c1-7-13-19-25-59-43-31-37(32-44(60-26-20-14-8-2)47(43)63-29-23-17-11-5)49(53)65-41-35-39(51(55)56)40(52(57)58)36-42(41)66-50(54)38-33-45(61-27-21-15-9-3)48(64-30-24-18-12-6)46(34-38)62-28-22-16-10-4/h31-36H,7-30H2,1-6H3. The van der Waals surface area contributed by atoms with Crippen LogP contribution in [0.1, 0.15) is 178 Å². The summed E-state index contributed by atoms with van der Waals surface area (Å²) in [6.07, 6.45) is 15.8. The number of rotatable bonds is 36. The molecule has 366 valence electrons. The summed E-state index contributed by atoms with van der Waals surface area (Å²) < 4.78 is 48.7. The predicted molar refractivity (Wildman–Crippen MR) is 253 cm³/mol. The number of nitro groups is 2. The van der Waals surface area contributed by atoms with Gasteiger partial charge in [-0.15, -0.1) is 0 Å². The normalized spacial score (nSPS) is 10.9. The second kappa shape index (κ2) is 31.2. The summed E-state index contributed by atoms with van der Waals surface area (Å²) in [5.41, 5.74) is -2.13. The van der Waals surface area contributed by atoms with Crippen LogP contribution in [0.3, 0.4) is 0 Å². The summed E-state index contributed by atoms with van der Waals surface area (Å²) in [6.45, 7) is 14.5. The lowest BCUT2D eigenvalue weighted by molar-refractivity contribution is -0.422. The highest BCUT2D eigenvalue weighted by Gasteiger charge is 2.32. The van der Waals surface area contributed by atoms with Crippen LogP contribution in [0.15, 0.2) is 36.4 Å². The van der Waals surface area contributed by atoms with Crippen molar-refractivity contribution in [3.8, 4) is 46.0 Å². The Morgan fingerprint density at radius 3 is 0.848 bits per heavy atom. The van der Waals surface area contributed by atoms with E-state index in [1.54, 1.807) is 0 Å². The molecule has 0 unspecified atom stereocenters. The highest BCUT2D eigenvalue weighted by atomic mass is 16.6. The Morgan fingerprint density at radius 1 is 0.379 bits per heavy atom. The monoisotopic (exact) mass is 924 g/mol. The second-order valence-electron chi connectivity index (χ2n) is 16.0. The quantitative estimate of drug-likeness (QED) is 0.0176. The summed E-state index contributed by atoms with van der Waals surface area (Å²) in [4.78, 5) is 50.7. The van der Waals surface area contributed by atoms with Crippen LogP contribution in [0.2, 0.25) is 0 Å². The average Bonchev–Trinajstić information content (AvgIpc) is 3.30. The van der Waals surface area contributed by atoms with Gasteiger partial charge in [-0.3, -0.25) is 20.2 Å². The molecule has 0 atom stereocenters. The van der Waals surface area contributed by atoms with Gasteiger partial charge in [0.1, 0.15) is 0 Å². The van der Waals surface area contributed by atoms with Gasteiger partial charge in [-0.2, -0.15) is 0 Å². The smallest absolute Gasteiger partial charge is 0.350 e. The summed E-state index contributed by atoms with van der Waals surface area (Å²) in [6, 6.07) is 7.11. The SMILES string of the molecule is CCCCCOc1cc(C(=O)Oc2cc([N+](=O)[O-])c([N+](=O)[O-])cc2OC(=O)c2cc(OCCCCC)c(OCCCCC)c(OCCCCC)c2)cc(OCCCCC)c1OCCCCC. The number of nitrogens with zero attached hydrogens (tertiary/aromatic N) is 2. The van der Waals surface area contributed by atoms with E-state index >= 15 is 0 Å². The summed E-state index contributed by atoms with van der Waals surface area (Å²) in [5, 5.41) is 24.4. The Balaban J connectivity index is 2.16. The Kier molecular flexibility index (Phi) is 25.8. The van der Waals surface area contributed by atoms with Crippen LogP contribution < -0.4 is 37.9 Å². The molecule has 0 N–H and O–H groups in total. The average molecular weight is 925 g/mol. The van der Waals surface area contributed by atoms with E-state index in [9.17, 15) is 29.8 Å². The molecule has 0 saturated heterocycles. The molecule has 0 fully saturated rings. The number of carbonyl (C=O) groups excluding carboxylic acids is 2. The van der Waals surface area contributed by atoms with E-state index in [0.717, 1.165) is 116 Å². The second-order valence-corrected chi connectivity index (χ2v) is 16.0. The molecule has 0 saturated carbocycles. The lowest BCUT2D eigenvalue weighted by atomic mass is 10.1. The first-order chi connectivity index (χ1) is 32.0. The minimum absolute atomic E-state index is 0.0746. The van der Waals surface area contributed by atoms with E-state index in [1.165, 1.54) is 24.3 Å². The number of esters is 2. The van der Waals surface area contributed by atoms with Crippen LogP contribution in [-0.2, 0) is 0 Å². The van der Waals surface area contributed by atoms with E-state index in [2.05, 4.69) is 41.5 Å². The van der Waals surface area contributed by atoms with Gasteiger partial charge >= 0.3 is 23.3 Å². The zero-order valence-electron chi connectivity index (χ0n) is 40.0. The molecular weight excluding hydrogens is 853 g/mol. The van der Waals surface area contributed by atoms with Gasteiger partial charge in [-0.1, -0.05) is 119 Å². The van der Waals surface area contributed by atoms with Crippen molar-refractivity contribution in [3.63, 3.8) is 0 Å². The van der Waals surface area contributed by atoms with Crippen molar-refractivity contribution in [3.05, 3.63) is 67.8 Å². The zero-order chi connectivity index (χ0) is 48.1. The van der Waals surface area contributed by atoms with E-state index in [-0.39, 0.29) is 34.1 Å². The van der Waals surface area contributed by atoms with Gasteiger partial charge in [0.2, 0.25) is 11.5 Å². The van der Waals surface area contributed by atoms with Gasteiger partial charge in [0.05, 0.1) is 72.7 Å². The first kappa shape index (κ1) is 54.5. The third-order valence-corrected chi connectivity index (χ3v) is 10.4. The van der Waals surface area contributed by atoms with Crippen molar-refractivity contribution in [2.75, 3.05) is 39.6 Å². The molecular formula is C50H72N2O14. The van der Waals surface area contributed by atoms with Crippen LogP contribution in [-0.4, -0.2) is 61.4 Å². The molecule has 3 aromatic rings. The fourth-order valence-electron chi connectivity index (χ4n) is 6.60. The van der Waals surface area contributed by atoms with Gasteiger partial charge in [-0.05, 0) is 62.8 Å². The highest BCUT2D eigenvalue weighted by molar-refractivity contribution is 5.95.